The van der Waals surface area contributed by atoms with E-state index in [2.05, 4.69) is 0 Å². The SMILES string of the molecule is N=c1n(-c2ccc(N)cc2F)c(Cl)cc(=O)n1C1CC1. The van der Waals surface area contributed by atoms with Crippen LogP contribution in [0, 0.1) is 11.2 Å². The van der Waals surface area contributed by atoms with Crippen LogP contribution in [0.2, 0.25) is 5.15 Å². The van der Waals surface area contributed by atoms with Crippen LogP contribution in [-0.2, 0) is 0 Å². The predicted octanol–water partition coefficient (Wildman–Crippen LogP) is 1.83. The third-order valence-electron chi connectivity index (χ3n) is 3.26. The molecular weight excluding hydrogens is 283 g/mol. The lowest BCUT2D eigenvalue weighted by Crippen LogP contribution is -2.39. The molecule has 1 aromatic heterocycles. The molecule has 20 heavy (non-hydrogen) atoms. The van der Waals surface area contributed by atoms with Crippen LogP contribution in [0.3, 0.4) is 0 Å². The van der Waals surface area contributed by atoms with E-state index in [1.54, 1.807) is 0 Å². The zero-order chi connectivity index (χ0) is 14.4. The Morgan fingerprint density at radius 1 is 1.35 bits per heavy atom. The highest BCUT2D eigenvalue weighted by atomic mass is 35.5. The molecule has 3 N–H and O–H groups in total. The largest absolute Gasteiger partial charge is 0.399 e. The number of nitrogens with two attached hydrogens (primary N) is 1. The van der Waals surface area contributed by atoms with Crippen LogP contribution in [0.15, 0.2) is 29.1 Å². The van der Waals surface area contributed by atoms with E-state index in [0.29, 0.717) is 0 Å². The minimum atomic E-state index is -0.591. The maximum atomic E-state index is 14.0. The minimum absolute atomic E-state index is 0.000529. The van der Waals surface area contributed by atoms with Gasteiger partial charge in [0.25, 0.3) is 5.56 Å². The monoisotopic (exact) mass is 294 g/mol. The molecule has 0 amide bonds. The molecule has 1 fully saturated rings. The topological polar surface area (TPSA) is 76.8 Å². The Balaban J connectivity index is 2.31. The average molecular weight is 295 g/mol. The lowest BCUT2D eigenvalue weighted by Gasteiger charge is -2.14. The summed E-state index contributed by atoms with van der Waals surface area (Å²) >= 11 is 6.01. The minimum Gasteiger partial charge on any atom is -0.399 e. The van der Waals surface area contributed by atoms with Crippen LogP contribution in [0.1, 0.15) is 18.9 Å². The van der Waals surface area contributed by atoms with Gasteiger partial charge in [-0.2, -0.15) is 0 Å². The van der Waals surface area contributed by atoms with Crippen molar-refractivity contribution in [1.82, 2.24) is 9.13 Å². The maximum absolute atomic E-state index is 14.0. The number of anilines is 1. The van der Waals surface area contributed by atoms with Crippen molar-refractivity contribution in [2.75, 3.05) is 5.73 Å². The molecule has 1 aromatic carbocycles. The summed E-state index contributed by atoms with van der Waals surface area (Å²) in [5.74, 6) is -0.591. The number of benzene rings is 1. The Kier molecular flexibility index (Phi) is 2.90. The van der Waals surface area contributed by atoms with E-state index in [-0.39, 0.29) is 33.7 Å². The molecule has 0 atom stereocenters. The van der Waals surface area contributed by atoms with Crippen LogP contribution in [0.25, 0.3) is 5.69 Å². The zero-order valence-electron chi connectivity index (χ0n) is 10.4. The normalized spacial score (nSPS) is 14.5. The first-order valence-corrected chi connectivity index (χ1v) is 6.51. The van der Waals surface area contributed by atoms with Gasteiger partial charge >= 0.3 is 0 Å². The van der Waals surface area contributed by atoms with Crippen LogP contribution >= 0.6 is 11.6 Å². The summed E-state index contributed by atoms with van der Waals surface area (Å²) in [5, 5.41) is 8.13. The highest BCUT2D eigenvalue weighted by Gasteiger charge is 2.27. The summed E-state index contributed by atoms with van der Waals surface area (Å²) < 4.78 is 16.6. The molecule has 0 radical (unpaired) electrons. The van der Waals surface area contributed by atoms with Gasteiger partial charge in [-0.05, 0) is 31.0 Å². The number of nitrogen functional groups attached to an aromatic ring is 1. The highest BCUT2D eigenvalue weighted by molar-refractivity contribution is 6.29. The fourth-order valence-corrected chi connectivity index (χ4v) is 2.43. The van der Waals surface area contributed by atoms with Gasteiger partial charge in [0.15, 0.2) is 0 Å². The van der Waals surface area contributed by atoms with Gasteiger partial charge in [0.2, 0.25) is 5.62 Å². The van der Waals surface area contributed by atoms with Crippen molar-refractivity contribution in [3.8, 4) is 5.69 Å². The molecule has 0 spiro atoms. The molecule has 0 unspecified atom stereocenters. The molecule has 2 aromatic rings. The Bertz CT molecular complexity index is 807. The lowest BCUT2D eigenvalue weighted by molar-refractivity contribution is 0.578. The maximum Gasteiger partial charge on any atom is 0.256 e. The summed E-state index contributed by atoms with van der Waals surface area (Å²) in [6, 6.07) is 5.33. The molecule has 104 valence electrons. The van der Waals surface area contributed by atoms with Crippen molar-refractivity contribution in [3.63, 3.8) is 0 Å². The lowest BCUT2D eigenvalue weighted by atomic mass is 10.2. The van der Waals surface area contributed by atoms with E-state index >= 15 is 0 Å². The van der Waals surface area contributed by atoms with Gasteiger partial charge in [0, 0.05) is 17.8 Å². The predicted molar refractivity (Wildman–Crippen MR) is 73.5 cm³/mol. The number of aromatic nitrogens is 2. The second-order valence-corrected chi connectivity index (χ2v) is 5.16. The number of rotatable bonds is 2. The van der Waals surface area contributed by atoms with E-state index in [0.717, 1.165) is 18.9 Å². The van der Waals surface area contributed by atoms with Gasteiger partial charge in [-0.25, -0.2) is 4.39 Å². The smallest absolute Gasteiger partial charge is 0.256 e. The fourth-order valence-electron chi connectivity index (χ4n) is 2.17. The van der Waals surface area contributed by atoms with Gasteiger partial charge < -0.3 is 5.73 Å². The average Bonchev–Trinajstić information content (AvgIpc) is 3.15. The van der Waals surface area contributed by atoms with E-state index in [1.165, 1.54) is 27.3 Å². The molecule has 5 nitrogen and oxygen atoms in total. The number of nitrogens with one attached hydrogen (secondary N) is 1. The first kappa shape index (κ1) is 12.9. The highest BCUT2D eigenvalue weighted by Crippen LogP contribution is 2.32. The molecule has 0 saturated heterocycles. The standard InChI is InChI=1S/C13H12ClFN4O/c14-11-6-12(20)18(8-2-3-8)13(17)19(11)10-4-1-7(16)5-9(10)15/h1,4-6,8,17H,2-3,16H2. The van der Waals surface area contributed by atoms with Gasteiger partial charge in [0.05, 0.1) is 5.69 Å². The Morgan fingerprint density at radius 2 is 2.05 bits per heavy atom. The van der Waals surface area contributed by atoms with Crippen molar-refractivity contribution in [3.05, 3.63) is 51.2 Å². The van der Waals surface area contributed by atoms with Gasteiger partial charge in [-0.3, -0.25) is 19.3 Å². The van der Waals surface area contributed by atoms with Gasteiger partial charge in [-0.1, -0.05) is 11.6 Å². The van der Waals surface area contributed by atoms with E-state index in [1.807, 2.05) is 0 Å². The van der Waals surface area contributed by atoms with Gasteiger partial charge in [0.1, 0.15) is 11.0 Å². The summed E-state index contributed by atoms with van der Waals surface area (Å²) in [7, 11) is 0. The molecule has 0 bridgehead atoms. The molecule has 3 rings (SSSR count). The van der Waals surface area contributed by atoms with Crippen LogP contribution in [-0.4, -0.2) is 9.13 Å². The fraction of sp³-hybridized carbons (Fsp3) is 0.231. The summed E-state index contributed by atoms with van der Waals surface area (Å²) in [4.78, 5) is 11.9. The quantitative estimate of drug-likeness (QED) is 0.655. The second-order valence-electron chi connectivity index (χ2n) is 4.78. The van der Waals surface area contributed by atoms with Gasteiger partial charge in [-0.15, -0.1) is 0 Å². The molecule has 1 heterocycles. The van der Waals surface area contributed by atoms with Crippen LogP contribution in [0.5, 0.6) is 0 Å². The van der Waals surface area contributed by atoms with Crippen LogP contribution < -0.4 is 16.9 Å². The first-order valence-electron chi connectivity index (χ1n) is 6.13. The summed E-state index contributed by atoms with van der Waals surface area (Å²) in [6.07, 6.45) is 1.69. The summed E-state index contributed by atoms with van der Waals surface area (Å²) in [5.41, 5.74) is 5.42. The first-order chi connectivity index (χ1) is 9.49. The molecule has 1 aliphatic rings. The second kappa shape index (κ2) is 4.49. The zero-order valence-corrected chi connectivity index (χ0v) is 11.2. The number of nitrogens with zero attached hydrogens (tertiary/aromatic N) is 2. The van der Waals surface area contributed by atoms with Crippen molar-refractivity contribution < 1.29 is 4.39 Å². The molecule has 0 aliphatic heterocycles. The third-order valence-corrected chi connectivity index (χ3v) is 3.54. The molecular formula is C13H12ClFN4O. The van der Waals surface area contributed by atoms with Crippen molar-refractivity contribution in [2.24, 2.45) is 0 Å². The van der Waals surface area contributed by atoms with E-state index in [4.69, 9.17) is 22.7 Å². The Hall–Kier alpha value is -2.08. The Morgan fingerprint density at radius 3 is 2.65 bits per heavy atom. The molecule has 1 saturated carbocycles. The Labute approximate surface area is 118 Å². The van der Waals surface area contributed by atoms with Crippen molar-refractivity contribution in [1.29, 1.82) is 5.41 Å². The van der Waals surface area contributed by atoms with Crippen molar-refractivity contribution >= 4 is 17.3 Å². The number of hydrogen-bond acceptors (Lipinski definition) is 3. The van der Waals surface area contributed by atoms with Crippen molar-refractivity contribution in [2.45, 2.75) is 18.9 Å². The number of hydrogen-bond donors (Lipinski definition) is 2. The van der Waals surface area contributed by atoms with E-state index in [9.17, 15) is 9.18 Å². The van der Waals surface area contributed by atoms with Crippen LogP contribution in [0.4, 0.5) is 10.1 Å². The molecule has 1 aliphatic carbocycles. The number of halogens is 2. The van der Waals surface area contributed by atoms with E-state index < -0.39 is 5.82 Å². The third kappa shape index (κ3) is 2.02. The summed E-state index contributed by atoms with van der Waals surface area (Å²) in [6.45, 7) is 0. The molecule has 7 heteroatoms.